The molecule has 2 heterocycles. The van der Waals surface area contributed by atoms with E-state index in [4.69, 9.17) is 0 Å². The second-order valence-corrected chi connectivity index (χ2v) is 4.04. The Bertz CT molecular complexity index is 516. The molecule has 0 saturated carbocycles. The molecule has 2 aromatic heterocycles. The molecule has 0 aliphatic heterocycles. The maximum Gasteiger partial charge on any atom is 0.450 e. The van der Waals surface area contributed by atoms with Gasteiger partial charge in [-0.2, -0.15) is 13.2 Å². The lowest BCUT2D eigenvalue weighted by Gasteiger charge is -2.04. The summed E-state index contributed by atoms with van der Waals surface area (Å²) in [4.78, 5) is 3.52. The van der Waals surface area contributed by atoms with Crippen molar-refractivity contribution in [2.75, 3.05) is 0 Å². The van der Waals surface area contributed by atoms with Crippen LogP contribution in [0.15, 0.2) is 22.8 Å². The van der Waals surface area contributed by atoms with E-state index < -0.39 is 12.0 Å². The van der Waals surface area contributed by atoms with E-state index in [1.165, 1.54) is 6.20 Å². The minimum Gasteiger partial charge on any atom is -0.295 e. The highest BCUT2D eigenvalue weighted by molar-refractivity contribution is 9.10. The smallest absolute Gasteiger partial charge is 0.295 e. The quantitative estimate of drug-likeness (QED) is 0.722. The summed E-state index contributed by atoms with van der Waals surface area (Å²) in [6.07, 6.45) is -3.07. The van der Waals surface area contributed by atoms with Crippen LogP contribution in [0.1, 0.15) is 11.5 Å². The van der Waals surface area contributed by atoms with Gasteiger partial charge in [0.15, 0.2) is 0 Å². The average Bonchev–Trinajstić information content (AvgIpc) is 2.42. The number of pyridine rings is 1. The molecule has 2 rings (SSSR count). The van der Waals surface area contributed by atoms with Crippen molar-refractivity contribution in [3.05, 3.63) is 34.3 Å². The van der Waals surface area contributed by atoms with Gasteiger partial charge in [0.25, 0.3) is 0 Å². The second-order valence-electron chi connectivity index (χ2n) is 3.12. The predicted octanol–water partition coefficient (Wildman–Crippen LogP) is 3.42. The summed E-state index contributed by atoms with van der Waals surface area (Å²) < 4.78 is 39.3. The van der Waals surface area contributed by atoms with Crippen molar-refractivity contribution >= 4 is 21.4 Å². The first kappa shape index (κ1) is 10.5. The summed E-state index contributed by atoms with van der Waals surface area (Å²) in [6.45, 7) is 1.55. The van der Waals surface area contributed by atoms with Gasteiger partial charge in [0.05, 0.1) is 11.2 Å². The normalized spacial score (nSPS) is 12.3. The minimum absolute atomic E-state index is 0.370. The Labute approximate surface area is 91.9 Å². The lowest BCUT2D eigenvalue weighted by atomic mass is 10.3. The van der Waals surface area contributed by atoms with Gasteiger partial charge >= 0.3 is 6.18 Å². The summed E-state index contributed by atoms with van der Waals surface area (Å²) in [6, 6.07) is 3.28. The lowest BCUT2D eigenvalue weighted by molar-refractivity contribution is -0.145. The maximum absolute atomic E-state index is 12.6. The standard InChI is InChI=1S/C9H6BrF3N2/c1-5-7-3-2-6(10)4-15(7)8(14-5)9(11,12)13/h2-4H,1H3. The van der Waals surface area contributed by atoms with Crippen LogP contribution in [-0.2, 0) is 6.18 Å². The van der Waals surface area contributed by atoms with Gasteiger partial charge in [0, 0.05) is 10.7 Å². The molecule has 0 radical (unpaired) electrons. The van der Waals surface area contributed by atoms with Gasteiger partial charge in [-0.25, -0.2) is 4.98 Å². The molecule has 0 unspecified atom stereocenters. The van der Waals surface area contributed by atoms with E-state index in [1.807, 2.05) is 0 Å². The number of nitrogens with zero attached hydrogens (tertiary/aromatic N) is 2. The maximum atomic E-state index is 12.6. The third-order valence-electron chi connectivity index (χ3n) is 2.04. The molecule has 0 atom stereocenters. The minimum atomic E-state index is -4.43. The van der Waals surface area contributed by atoms with E-state index in [0.29, 0.717) is 15.7 Å². The van der Waals surface area contributed by atoms with Crippen molar-refractivity contribution in [3.8, 4) is 0 Å². The van der Waals surface area contributed by atoms with Crippen LogP contribution in [0, 0.1) is 6.92 Å². The highest BCUT2D eigenvalue weighted by Crippen LogP contribution is 2.30. The summed E-state index contributed by atoms with van der Waals surface area (Å²) in [5.74, 6) is -0.892. The molecule has 80 valence electrons. The Morgan fingerprint density at radius 3 is 2.60 bits per heavy atom. The van der Waals surface area contributed by atoms with Crippen LogP contribution in [-0.4, -0.2) is 9.38 Å². The van der Waals surface area contributed by atoms with E-state index in [9.17, 15) is 13.2 Å². The van der Waals surface area contributed by atoms with Crippen molar-refractivity contribution in [3.63, 3.8) is 0 Å². The number of hydrogen-bond donors (Lipinski definition) is 0. The van der Waals surface area contributed by atoms with Crippen LogP contribution in [0.3, 0.4) is 0 Å². The molecule has 0 fully saturated rings. The highest BCUT2D eigenvalue weighted by Gasteiger charge is 2.36. The van der Waals surface area contributed by atoms with Gasteiger partial charge in [0.1, 0.15) is 0 Å². The third-order valence-corrected chi connectivity index (χ3v) is 2.51. The fourth-order valence-corrected chi connectivity index (χ4v) is 1.75. The summed E-state index contributed by atoms with van der Waals surface area (Å²) in [5.41, 5.74) is 0.834. The number of hydrogen-bond acceptors (Lipinski definition) is 1. The topological polar surface area (TPSA) is 17.3 Å². The zero-order valence-corrected chi connectivity index (χ0v) is 9.22. The van der Waals surface area contributed by atoms with Crippen molar-refractivity contribution in [1.82, 2.24) is 9.38 Å². The molecule has 0 bridgehead atoms. The van der Waals surface area contributed by atoms with Crippen molar-refractivity contribution in [1.29, 1.82) is 0 Å². The molecule has 0 aliphatic rings. The van der Waals surface area contributed by atoms with Crippen molar-refractivity contribution in [2.45, 2.75) is 13.1 Å². The van der Waals surface area contributed by atoms with Crippen LogP contribution in [0.25, 0.3) is 5.52 Å². The van der Waals surface area contributed by atoms with Gasteiger partial charge in [-0.3, -0.25) is 4.40 Å². The number of aryl methyl sites for hydroxylation is 1. The summed E-state index contributed by atoms with van der Waals surface area (Å²) >= 11 is 3.13. The molecule has 0 spiro atoms. The first-order valence-corrected chi connectivity index (χ1v) is 4.90. The Hall–Kier alpha value is -1.04. The monoisotopic (exact) mass is 278 g/mol. The van der Waals surface area contributed by atoms with E-state index in [-0.39, 0.29) is 0 Å². The number of imidazole rings is 1. The molecular weight excluding hydrogens is 273 g/mol. The Morgan fingerprint density at radius 1 is 1.33 bits per heavy atom. The van der Waals surface area contributed by atoms with Crippen LogP contribution in [0.5, 0.6) is 0 Å². The fraction of sp³-hybridized carbons (Fsp3) is 0.222. The van der Waals surface area contributed by atoms with Gasteiger partial charge < -0.3 is 0 Å². The number of aromatic nitrogens is 2. The van der Waals surface area contributed by atoms with E-state index in [1.54, 1.807) is 19.1 Å². The molecule has 0 aliphatic carbocycles. The average molecular weight is 279 g/mol. The van der Waals surface area contributed by atoms with Crippen LogP contribution < -0.4 is 0 Å². The SMILES string of the molecule is Cc1nc(C(F)(F)F)n2cc(Br)ccc12. The molecule has 15 heavy (non-hydrogen) atoms. The Balaban J connectivity index is 2.81. The van der Waals surface area contributed by atoms with Gasteiger partial charge in [-0.15, -0.1) is 0 Å². The highest BCUT2D eigenvalue weighted by atomic mass is 79.9. The van der Waals surface area contributed by atoms with Crippen LogP contribution >= 0.6 is 15.9 Å². The van der Waals surface area contributed by atoms with Crippen molar-refractivity contribution in [2.24, 2.45) is 0 Å². The van der Waals surface area contributed by atoms with Crippen LogP contribution in [0.4, 0.5) is 13.2 Å². The molecule has 2 aromatic rings. The van der Waals surface area contributed by atoms with Crippen molar-refractivity contribution < 1.29 is 13.2 Å². The fourth-order valence-electron chi connectivity index (χ4n) is 1.41. The van der Waals surface area contributed by atoms with Crippen LogP contribution in [0.2, 0.25) is 0 Å². The molecule has 0 amide bonds. The Kier molecular flexibility index (Phi) is 2.26. The number of rotatable bonds is 0. The molecule has 0 aromatic carbocycles. The van der Waals surface area contributed by atoms with Gasteiger partial charge in [-0.05, 0) is 35.0 Å². The van der Waals surface area contributed by atoms with E-state index in [2.05, 4.69) is 20.9 Å². The lowest BCUT2D eigenvalue weighted by Crippen LogP contribution is -2.10. The third kappa shape index (κ3) is 1.73. The van der Waals surface area contributed by atoms with E-state index >= 15 is 0 Å². The zero-order valence-electron chi connectivity index (χ0n) is 7.64. The summed E-state index contributed by atoms with van der Waals surface area (Å²) in [7, 11) is 0. The predicted molar refractivity (Wildman–Crippen MR) is 52.6 cm³/mol. The van der Waals surface area contributed by atoms with Gasteiger partial charge in [0.2, 0.25) is 5.82 Å². The number of fused-ring (bicyclic) bond motifs is 1. The number of halogens is 4. The van der Waals surface area contributed by atoms with E-state index in [0.717, 1.165) is 4.40 Å². The first-order valence-electron chi connectivity index (χ1n) is 4.11. The summed E-state index contributed by atoms with van der Waals surface area (Å²) in [5, 5.41) is 0. The molecule has 0 saturated heterocycles. The second kappa shape index (κ2) is 3.23. The molecule has 0 N–H and O–H groups in total. The van der Waals surface area contributed by atoms with Gasteiger partial charge in [-0.1, -0.05) is 0 Å². The zero-order chi connectivity index (χ0) is 11.2. The largest absolute Gasteiger partial charge is 0.450 e. The Morgan fingerprint density at radius 2 is 2.00 bits per heavy atom. The molecule has 6 heteroatoms. The molecule has 2 nitrogen and oxygen atoms in total. The first-order chi connectivity index (χ1) is 6.89. The molecular formula is C9H6BrF3N2. The number of alkyl halides is 3.